The number of phenolic OH excluding ortho intramolecular Hbond substituents is 1. The molecule has 5 atom stereocenters. The van der Waals surface area contributed by atoms with Crippen LogP contribution in [-0.2, 0) is 11.3 Å². The SMILES string of the molecule is Cc1ccc(CNC(=O)c2c(O)cccc2OC2O[C@H](CO)C(O)C(O)C2O)cc1.[Ac].[Ac].[Ac].[Ac]. The van der Waals surface area contributed by atoms with Gasteiger partial charge < -0.3 is 40.3 Å². The molecule has 2 aromatic carbocycles. The quantitative estimate of drug-likeness (QED) is 0.234. The van der Waals surface area contributed by atoms with Gasteiger partial charge in [-0.25, -0.2) is 0 Å². The first-order valence-corrected chi connectivity index (χ1v) is 9.44. The Kier molecular flexibility index (Phi) is 22.2. The number of hydrogen-bond acceptors (Lipinski definition) is 8. The van der Waals surface area contributed by atoms with Crippen LogP contribution in [0.2, 0.25) is 0 Å². The van der Waals surface area contributed by atoms with Gasteiger partial charge in [-0.2, -0.15) is 0 Å². The van der Waals surface area contributed by atoms with Crippen LogP contribution >= 0.6 is 0 Å². The van der Waals surface area contributed by atoms with Crippen molar-refractivity contribution in [1.29, 1.82) is 0 Å². The van der Waals surface area contributed by atoms with Crippen molar-refractivity contribution in [3.8, 4) is 11.5 Å². The fourth-order valence-electron chi connectivity index (χ4n) is 3.11. The molecule has 13 heteroatoms. The molecule has 174 valence electrons. The first kappa shape index (κ1) is 39.2. The van der Waals surface area contributed by atoms with E-state index in [1.165, 1.54) is 18.2 Å². The summed E-state index contributed by atoms with van der Waals surface area (Å²) < 4.78 is 10.8. The summed E-state index contributed by atoms with van der Waals surface area (Å²) in [5, 5.41) is 52.1. The largest absolute Gasteiger partial charge is 0.507 e. The monoisotopic (exact) mass is 1330 g/mol. The standard InChI is InChI=1S/C21H25NO8.4Ac/c1-11-5-7-12(8-6-11)9-22-20(28)16-13(24)3-2-4-14(16)29-21-19(27)18(26)17(25)15(10-23)30-21;;;;/h2-8,15,17-19,21,23-27H,9-10H2,1H3,(H,22,28);;;;/t15-,17?,18?,19?,21?;;;;/m1..../s1. The molecule has 4 unspecified atom stereocenters. The second-order valence-electron chi connectivity index (χ2n) is 7.13. The van der Waals surface area contributed by atoms with E-state index in [9.17, 15) is 30.3 Å². The molecule has 2 aromatic rings. The van der Waals surface area contributed by atoms with Gasteiger partial charge in [-0.05, 0) is 24.6 Å². The minimum absolute atomic E-state index is 0. The molecule has 0 aliphatic carbocycles. The van der Waals surface area contributed by atoms with Gasteiger partial charge in [-0.3, -0.25) is 4.79 Å². The van der Waals surface area contributed by atoms with Crippen molar-refractivity contribution < 1.29 is 216 Å². The molecule has 0 saturated carbocycles. The smallest absolute Gasteiger partial charge is 0.259 e. The van der Waals surface area contributed by atoms with Gasteiger partial charge in [0.25, 0.3) is 5.91 Å². The molecule has 3 rings (SSSR count). The van der Waals surface area contributed by atoms with Gasteiger partial charge in [0.05, 0.1) is 6.61 Å². The van der Waals surface area contributed by atoms with Crippen LogP contribution in [0.3, 0.4) is 0 Å². The van der Waals surface area contributed by atoms with E-state index in [0.29, 0.717) is 0 Å². The third-order valence-corrected chi connectivity index (χ3v) is 4.90. The molecule has 34 heavy (non-hydrogen) atoms. The zero-order valence-corrected chi connectivity index (χ0v) is 37.6. The van der Waals surface area contributed by atoms with E-state index in [4.69, 9.17) is 9.47 Å². The van der Waals surface area contributed by atoms with Crippen molar-refractivity contribution in [3.05, 3.63) is 59.2 Å². The molecule has 1 saturated heterocycles. The normalized spacial score (nSPS) is 23.1. The number of ether oxygens (including phenoxy) is 2. The number of aliphatic hydroxyl groups is 4. The van der Waals surface area contributed by atoms with Gasteiger partial charge in [0, 0.05) is 183 Å². The predicted octanol–water partition coefficient (Wildman–Crippen LogP) is -0.191. The van der Waals surface area contributed by atoms with Crippen LogP contribution in [0.4, 0.5) is 0 Å². The van der Waals surface area contributed by atoms with Crippen LogP contribution in [-0.4, -0.2) is 68.8 Å². The first-order valence-electron chi connectivity index (χ1n) is 9.44. The van der Waals surface area contributed by atoms with Gasteiger partial charge in [-0.1, -0.05) is 35.9 Å². The van der Waals surface area contributed by atoms with E-state index in [2.05, 4.69) is 5.32 Å². The molecular weight excluding hydrogens is 1300 g/mol. The van der Waals surface area contributed by atoms with Gasteiger partial charge in [0.2, 0.25) is 6.29 Å². The molecule has 4 radical (unpaired) electrons. The molecular formula is C21H25Ac4NO8. The van der Waals surface area contributed by atoms with Crippen molar-refractivity contribution in [3.63, 3.8) is 0 Å². The molecule has 9 nitrogen and oxygen atoms in total. The number of carbonyl (C=O) groups is 1. The van der Waals surface area contributed by atoms with Crippen LogP contribution in [0.1, 0.15) is 21.5 Å². The van der Waals surface area contributed by atoms with Crippen LogP contribution in [0.5, 0.6) is 11.5 Å². The van der Waals surface area contributed by atoms with Gasteiger partial charge in [0.1, 0.15) is 41.5 Å². The zero-order valence-electron chi connectivity index (χ0n) is 18.6. The van der Waals surface area contributed by atoms with Gasteiger partial charge in [-0.15, -0.1) is 0 Å². The molecule has 0 bridgehead atoms. The van der Waals surface area contributed by atoms with E-state index in [0.717, 1.165) is 11.1 Å². The number of benzene rings is 2. The number of amides is 1. The number of hydrogen-bond donors (Lipinski definition) is 6. The Bertz CT molecular complexity index is 888. The van der Waals surface area contributed by atoms with E-state index in [1.807, 2.05) is 31.2 Å². The van der Waals surface area contributed by atoms with E-state index in [1.54, 1.807) is 0 Å². The molecule has 1 amide bonds. The molecule has 1 heterocycles. The Morgan fingerprint density at radius 1 is 0.971 bits per heavy atom. The van der Waals surface area contributed by atoms with Crippen LogP contribution in [0.25, 0.3) is 0 Å². The summed E-state index contributed by atoms with van der Waals surface area (Å²) >= 11 is 0. The number of aliphatic hydroxyl groups excluding tert-OH is 4. The molecule has 1 aliphatic heterocycles. The third kappa shape index (κ3) is 10.6. The summed E-state index contributed by atoms with van der Waals surface area (Å²) in [6, 6.07) is 11.7. The van der Waals surface area contributed by atoms with Crippen molar-refractivity contribution >= 4 is 5.91 Å². The van der Waals surface area contributed by atoms with Gasteiger partial charge in [0.15, 0.2) is 0 Å². The zero-order chi connectivity index (χ0) is 21.8. The van der Waals surface area contributed by atoms with Gasteiger partial charge >= 0.3 is 0 Å². The Hall–Kier alpha value is 3.08. The number of aromatic hydroxyl groups is 1. The van der Waals surface area contributed by atoms with E-state index >= 15 is 0 Å². The summed E-state index contributed by atoms with van der Waals surface area (Å²) in [4.78, 5) is 12.7. The van der Waals surface area contributed by atoms with Crippen molar-refractivity contribution in [2.45, 2.75) is 44.2 Å². The topological polar surface area (TPSA) is 149 Å². The Morgan fingerprint density at radius 3 is 2.18 bits per heavy atom. The summed E-state index contributed by atoms with van der Waals surface area (Å²) in [5.41, 5.74) is 1.77. The number of nitrogens with one attached hydrogen (secondary N) is 1. The molecule has 6 N–H and O–H groups in total. The first-order chi connectivity index (χ1) is 14.3. The molecule has 0 spiro atoms. The summed E-state index contributed by atoms with van der Waals surface area (Å²) in [6.07, 6.45) is -7.45. The molecule has 0 aromatic heterocycles. The second-order valence-corrected chi connectivity index (χ2v) is 7.13. The van der Waals surface area contributed by atoms with Crippen molar-refractivity contribution in [2.24, 2.45) is 0 Å². The van der Waals surface area contributed by atoms with Crippen molar-refractivity contribution in [1.82, 2.24) is 5.32 Å². The number of carbonyl (C=O) groups excluding carboxylic acids is 1. The Morgan fingerprint density at radius 2 is 1.59 bits per heavy atom. The minimum atomic E-state index is -1.64. The van der Waals surface area contributed by atoms with Crippen LogP contribution in [0.15, 0.2) is 42.5 Å². The van der Waals surface area contributed by atoms with Crippen LogP contribution in [0, 0.1) is 183 Å². The van der Waals surface area contributed by atoms with Crippen LogP contribution < -0.4 is 10.1 Å². The maximum Gasteiger partial charge on any atom is 0.259 e. The molecule has 1 aliphatic rings. The summed E-state index contributed by atoms with van der Waals surface area (Å²) in [6.45, 7) is 1.55. The third-order valence-electron chi connectivity index (χ3n) is 4.90. The molecule has 1 fully saturated rings. The Labute approximate surface area is 341 Å². The number of rotatable bonds is 6. The maximum atomic E-state index is 12.7. The van der Waals surface area contributed by atoms with Crippen molar-refractivity contribution in [2.75, 3.05) is 6.61 Å². The second kappa shape index (κ2) is 19.2. The fraction of sp³-hybridized carbons (Fsp3) is 0.381. The number of phenols is 1. The minimum Gasteiger partial charge on any atom is -0.507 e. The predicted molar refractivity (Wildman–Crippen MR) is 105 cm³/mol. The average Bonchev–Trinajstić information content (AvgIpc) is 2.73. The Balaban J connectivity index is 0. The fourth-order valence-corrected chi connectivity index (χ4v) is 3.11. The number of aryl methyl sites for hydroxylation is 1. The van der Waals surface area contributed by atoms with E-state index in [-0.39, 0.29) is 200 Å². The summed E-state index contributed by atoms with van der Waals surface area (Å²) in [5.74, 6) is -1.06. The summed E-state index contributed by atoms with van der Waals surface area (Å²) in [7, 11) is 0. The maximum absolute atomic E-state index is 12.7. The van der Waals surface area contributed by atoms with E-state index < -0.39 is 43.2 Å². The average molecular weight is 1330 g/mol.